The van der Waals surface area contributed by atoms with Crippen LogP contribution in [-0.2, 0) is 4.74 Å². The third-order valence-corrected chi connectivity index (χ3v) is 3.83. The van der Waals surface area contributed by atoms with Crippen LogP contribution in [0.4, 0.5) is 4.79 Å². The summed E-state index contributed by atoms with van der Waals surface area (Å²) < 4.78 is 5.37. The SMILES string of the molecule is CC(N)C1(C(C)N(C)C(=O)OC(C)(C)C)CC1. The van der Waals surface area contributed by atoms with Crippen LogP contribution in [0, 0.1) is 5.41 Å². The van der Waals surface area contributed by atoms with Crippen LogP contribution in [0.5, 0.6) is 0 Å². The molecule has 0 radical (unpaired) electrons. The first kappa shape index (κ1) is 14.3. The van der Waals surface area contributed by atoms with Crippen molar-refractivity contribution in [3.8, 4) is 0 Å². The van der Waals surface area contributed by atoms with Gasteiger partial charge >= 0.3 is 6.09 Å². The van der Waals surface area contributed by atoms with Gasteiger partial charge < -0.3 is 15.4 Å². The molecule has 4 nitrogen and oxygen atoms in total. The molecule has 1 amide bonds. The van der Waals surface area contributed by atoms with E-state index in [-0.39, 0.29) is 23.6 Å². The second kappa shape index (κ2) is 4.48. The van der Waals surface area contributed by atoms with Crippen LogP contribution < -0.4 is 5.73 Å². The molecule has 1 aliphatic rings. The van der Waals surface area contributed by atoms with Gasteiger partial charge in [0.1, 0.15) is 5.60 Å². The van der Waals surface area contributed by atoms with E-state index in [1.807, 2.05) is 27.7 Å². The minimum Gasteiger partial charge on any atom is -0.444 e. The van der Waals surface area contributed by atoms with Gasteiger partial charge in [-0.15, -0.1) is 0 Å². The standard InChI is InChI=1S/C13H26N2O2/c1-9(14)13(7-8-13)10(2)15(6)11(16)17-12(3,4)5/h9-10H,7-8,14H2,1-6H3. The van der Waals surface area contributed by atoms with Crippen molar-refractivity contribution in [2.24, 2.45) is 11.1 Å². The van der Waals surface area contributed by atoms with E-state index in [9.17, 15) is 4.79 Å². The summed E-state index contributed by atoms with van der Waals surface area (Å²) in [5, 5.41) is 0. The van der Waals surface area contributed by atoms with Gasteiger partial charge in [-0.1, -0.05) is 0 Å². The monoisotopic (exact) mass is 242 g/mol. The van der Waals surface area contributed by atoms with Crippen molar-refractivity contribution in [3.63, 3.8) is 0 Å². The lowest BCUT2D eigenvalue weighted by molar-refractivity contribution is 0.0153. The Morgan fingerprint density at radius 3 is 2.12 bits per heavy atom. The first-order valence-corrected chi connectivity index (χ1v) is 6.31. The maximum Gasteiger partial charge on any atom is 0.410 e. The molecule has 2 unspecified atom stereocenters. The molecule has 0 saturated heterocycles. The third-order valence-electron chi connectivity index (χ3n) is 3.83. The molecular formula is C13H26N2O2. The zero-order valence-corrected chi connectivity index (χ0v) is 11.9. The van der Waals surface area contributed by atoms with Crippen molar-refractivity contribution in [3.05, 3.63) is 0 Å². The van der Waals surface area contributed by atoms with E-state index in [0.29, 0.717) is 0 Å². The van der Waals surface area contributed by atoms with E-state index in [1.54, 1.807) is 11.9 Å². The highest BCUT2D eigenvalue weighted by Crippen LogP contribution is 2.52. The first-order valence-electron chi connectivity index (χ1n) is 6.31. The number of hydrogen-bond donors (Lipinski definition) is 1. The summed E-state index contributed by atoms with van der Waals surface area (Å²) >= 11 is 0. The fourth-order valence-electron chi connectivity index (χ4n) is 2.28. The van der Waals surface area contributed by atoms with Crippen LogP contribution in [0.3, 0.4) is 0 Å². The summed E-state index contributed by atoms with van der Waals surface area (Å²) in [4.78, 5) is 13.6. The van der Waals surface area contributed by atoms with Gasteiger partial charge in [0.05, 0.1) is 0 Å². The topological polar surface area (TPSA) is 55.6 Å². The van der Waals surface area contributed by atoms with Gasteiger partial charge in [0.25, 0.3) is 0 Å². The molecule has 0 aliphatic heterocycles. The Kier molecular flexibility index (Phi) is 3.77. The maximum absolute atomic E-state index is 12.0. The van der Waals surface area contributed by atoms with Gasteiger partial charge in [-0.05, 0) is 47.5 Å². The normalized spacial score (nSPS) is 21.6. The van der Waals surface area contributed by atoms with Crippen LogP contribution >= 0.6 is 0 Å². The van der Waals surface area contributed by atoms with E-state index < -0.39 is 5.60 Å². The Balaban J connectivity index is 2.64. The fourth-order valence-corrected chi connectivity index (χ4v) is 2.28. The predicted octanol–water partition coefficient (Wildman–Crippen LogP) is 2.37. The summed E-state index contributed by atoms with van der Waals surface area (Å²) in [6.07, 6.45) is 1.93. The number of carbonyl (C=O) groups excluding carboxylic acids is 1. The molecule has 4 heteroatoms. The zero-order chi connectivity index (χ0) is 13.4. The Hall–Kier alpha value is -0.770. The molecule has 1 fully saturated rings. The lowest BCUT2D eigenvalue weighted by atomic mass is 9.90. The van der Waals surface area contributed by atoms with Crippen LogP contribution in [0.25, 0.3) is 0 Å². The molecule has 1 saturated carbocycles. The highest BCUT2D eigenvalue weighted by Gasteiger charge is 2.52. The molecule has 0 spiro atoms. The molecule has 0 bridgehead atoms. The first-order chi connectivity index (χ1) is 7.60. The van der Waals surface area contributed by atoms with E-state index in [2.05, 4.69) is 6.92 Å². The average Bonchev–Trinajstić information content (AvgIpc) is 2.93. The van der Waals surface area contributed by atoms with Gasteiger partial charge in [0.15, 0.2) is 0 Å². The van der Waals surface area contributed by atoms with E-state index in [0.717, 1.165) is 12.8 Å². The van der Waals surface area contributed by atoms with Crippen LogP contribution in [0.2, 0.25) is 0 Å². The van der Waals surface area contributed by atoms with E-state index in [4.69, 9.17) is 10.5 Å². The van der Waals surface area contributed by atoms with Gasteiger partial charge in [-0.25, -0.2) is 4.79 Å². The van der Waals surface area contributed by atoms with Gasteiger partial charge in [-0.3, -0.25) is 0 Å². The van der Waals surface area contributed by atoms with Gasteiger partial charge in [0.2, 0.25) is 0 Å². The van der Waals surface area contributed by atoms with Crippen LogP contribution in [-0.4, -0.2) is 35.7 Å². The summed E-state index contributed by atoms with van der Waals surface area (Å²) in [5.74, 6) is 0. The number of hydrogen-bond acceptors (Lipinski definition) is 3. The van der Waals surface area contributed by atoms with E-state index >= 15 is 0 Å². The molecular weight excluding hydrogens is 216 g/mol. The molecule has 100 valence electrons. The number of amides is 1. The second-order valence-electron chi connectivity index (χ2n) is 6.29. The Morgan fingerprint density at radius 1 is 1.35 bits per heavy atom. The zero-order valence-electron chi connectivity index (χ0n) is 11.9. The van der Waals surface area contributed by atoms with Crippen molar-refractivity contribution in [2.45, 2.75) is 65.1 Å². The number of rotatable bonds is 3. The largest absolute Gasteiger partial charge is 0.444 e. The molecule has 2 N–H and O–H groups in total. The summed E-state index contributed by atoms with van der Waals surface area (Å²) in [6.45, 7) is 9.71. The Labute approximate surface area is 104 Å². The van der Waals surface area contributed by atoms with Gasteiger partial charge in [-0.2, -0.15) is 0 Å². The molecule has 1 aliphatic carbocycles. The molecule has 0 aromatic carbocycles. The van der Waals surface area contributed by atoms with Crippen LogP contribution in [0.15, 0.2) is 0 Å². The summed E-state index contributed by atoms with van der Waals surface area (Å²) in [5.41, 5.74) is 5.66. The quantitative estimate of drug-likeness (QED) is 0.826. The predicted molar refractivity (Wildman–Crippen MR) is 68.8 cm³/mol. The number of carbonyl (C=O) groups is 1. The van der Waals surface area contributed by atoms with Crippen molar-refractivity contribution < 1.29 is 9.53 Å². The lowest BCUT2D eigenvalue weighted by Gasteiger charge is -2.35. The average molecular weight is 242 g/mol. The molecule has 17 heavy (non-hydrogen) atoms. The van der Waals surface area contributed by atoms with Crippen molar-refractivity contribution >= 4 is 6.09 Å². The van der Waals surface area contributed by atoms with Crippen molar-refractivity contribution in [1.82, 2.24) is 4.90 Å². The Bertz CT molecular complexity index is 290. The number of nitrogens with two attached hydrogens (primary N) is 1. The minimum atomic E-state index is -0.448. The van der Waals surface area contributed by atoms with Crippen molar-refractivity contribution in [1.29, 1.82) is 0 Å². The van der Waals surface area contributed by atoms with Crippen molar-refractivity contribution in [2.75, 3.05) is 7.05 Å². The minimum absolute atomic E-state index is 0.0889. The smallest absolute Gasteiger partial charge is 0.410 e. The molecule has 0 aromatic heterocycles. The number of nitrogens with zero attached hydrogens (tertiary/aromatic N) is 1. The summed E-state index contributed by atoms with van der Waals surface area (Å²) in [7, 11) is 1.79. The highest BCUT2D eigenvalue weighted by molar-refractivity contribution is 5.68. The van der Waals surface area contributed by atoms with E-state index in [1.165, 1.54) is 0 Å². The fraction of sp³-hybridized carbons (Fsp3) is 0.923. The van der Waals surface area contributed by atoms with Crippen LogP contribution in [0.1, 0.15) is 47.5 Å². The third kappa shape index (κ3) is 3.12. The Morgan fingerprint density at radius 2 is 1.82 bits per heavy atom. The second-order valence-corrected chi connectivity index (χ2v) is 6.29. The molecule has 1 rings (SSSR count). The molecule has 0 heterocycles. The maximum atomic E-state index is 12.0. The lowest BCUT2D eigenvalue weighted by Crippen LogP contribution is -2.48. The van der Waals surface area contributed by atoms with Gasteiger partial charge in [0, 0.05) is 24.5 Å². The highest BCUT2D eigenvalue weighted by atomic mass is 16.6. The molecule has 0 aromatic rings. The summed E-state index contributed by atoms with van der Waals surface area (Å²) in [6, 6.07) is 0.236. The molecule has 2 atom stereocenters. The number of ether oxygens (including phenoxy) is 1.